The molecule has 260 valence electrons. The van der Waals surface area contributed by atoms with Crippen molar-refractivity contribution < 1.29 is 0 Å². The van der Waals surface area contributed by atoms with Gasteiger partial charge in [-0.05, 0) is 127 Å². The standard InChI is InChI=1S/C53H38N2/c1-35-27-42(33-54-31-35)38-19-17-37(18-20-38)41-25-26-48-50(29-41)53(44-11-5-3-6-12-44,45-13-7-4-8-14-45)51-30-49(46-15-9-10-16-47(46)52(48)51)40-23-21-39(22-24-40)43-28-36(2)32-55-34-43/h3-34H,1-2H3. The van der Waals surface area contributed by atoms with E-state index in [4.69, 9.17) is 0 Å². The monoisotopic (exact) mass is 702 g/mol. The number of hydrogen-bond acceptors (Lipinski definition) is 2. The van der Waals surface area contributed by atoms with E-state index < -0.39 is 5.41 Å². The third-order valence-corrected chi connectivity index (χ3v) is 11.4. The Kier molecular flexibility index (Phi) is 7.85. The molecule has 9 aromatic rings. The van der Waals surface area contributed by atoms with Crippen LogP contribution in [0.1, 0.15) is 33.4 Å². The molecule has 2 heteroatoms. The maximum atomic E-state index is 4.46. The van der Waals surface area contributed by atoms with Crippen molar-refractivity contribution in [2.45, 2.75) is 19.3 Å². The lowest BCUT2D eigenvalue weighted by atomic mass is 9.67. The van der Waals surface area contributed by atoms with Gasteiger partial charge in [0.2, 0.25) is 0 Å². The summed E-state index contributed by atoms with van der Waals surface area (Å²) in [6.07, 6.45) is 7.69. The van der Waals surface area contributed by atoms with E-state index in [0.717, 1.165) is 27.8 Å². The summed E-state index contributed by atoms with van der Waals surface area (Å²) in [6, 6.07) is 63.1. The molecule has 0 unspecified atom stereocenters. The summed E-state index contributed by atoms with van der Waals surface area (Å²) < 4.78 is 0. The highest BCUT2D eigenvalue weighted by atomic mass is 14.6. The molecule has 0 aliphatic heterocycles. The number of rotatable bonds is 6. The minimum Gasteiger partial charge on any atom is -0.264 e. The van der Waals surface area contributed by atoms with Crippen LogP contribution in [0, 0.1) is 13.8 Å². The molecular formula is C53H38N2. The van der Waals surface area contributed by atoms with Crippen LogP contribution in [-0.4, -0.2) is 9.97 Å². The molecule has 55 heavy (non-hydrogen) atoms. The zero-order valence-corrected chi connectivity index (χ0v) is 30.9. The Balaban J connectivity index is 1.21. The van der Waals surface area contributed by atoms with Gasteiger partial charge in [-0.3, -0.25) is 9.97 Å². The van der Waals surface area contributed by atoms with Crippen LogP contribution in [0.3, 0.4) is 0 Å². The minimum absolute atomic E-state index is 0.553. The van der Waals surface area contributed by atoms with Crippen molar-refractivity contribution >= 4 is 10.8 Å². The van der Waals surface area contributed by atoms with E-state index in [1.54, 1.807) is 0 Å². The number of nitrogens with zero attached hydrogens (tertiary/aromatic N) is 2. The predicted molar refractivity (Wildman–Crippen MR) is 228 cm³/mol. The Morgan fingerprint density at radius 3 is 1.36 bits per heavy atom. The summed E-state index contributed by atoms with van der Waals surface area (Å²) >= 11 is 0. The second-order valence-electron chi connectivity index (χ2n) is 14.8. The molecule has 0 spiro atoms. The van der Waals surface area contributed by atoms with Crippen molar-refractivity contribution in [3.8, 4) is 55.6 Å². The molecule has 10 rings (SSSR count). The van der Waals surface area contributed by atoms with E-state index >= 15 is 0 Å². The lowest BCUT2D eigenvalue weighted by Crippen LogP contribution is -2.28. The Bertz CT molecular complexity index is 2820. The molecule has 7 aromatic carbocycles. The molecule has 0 radical (unpaired) electrons. The quantitative estimate of drug-likeness (QED) is 0.172. The lowest BCUT2D eigenvalue weighted by Gasteiger charge is -2.34. The third-order valence-electron chi connectivity index (χ3n) is 11.4. The first-order chi connectivity index (χ1) is 27.1. The average molecular weight is 703 g/mol. The Labute approximate surface area is 322 Å². The third kappa shape index (κ3) is 5.41. The van der Waals surface area contributed by atoms with Gasteiger partial charge >= 0.3 is 0 Å². The Morgan fingerprint density at radius 2 is 0.818 bits per heavy atom. The topological polar surface area (TPSA) is 25.8 Å². The van der Waals surface area contributed by atoms with Crippen LogP contribution in [0.2, 0.25) is 0 Å². The van der Waals surface area contributed by atoms with Gasteiger partial charge in [0.05, 0.1) is 5.41 Å². The van der Waals surface area contributed by atoms with E-state index in [9.17, 15) is 0 Å². The molecule has 0 N–H and O–H groups in total. The van der Waals surface area contributed by atoms with Gasteiger partial charge in [-0.25, -0.2) is 0 Å². The maximum Gasteiger partial charge on any atom is 0.0714 e. The number of pyridine rings is 2. The van der Waals surface area contributed by atoms with Gasteiger partial charge < -0.3 is 0 Å². The molecular weight excluding hydrogens is 665 g/mol. The molecule has 0 amide bonds. The molecule has 0 saturated heterocycles. The molecule has 1 aliphatic rings. The van der Waals surface area contributed by atoms with Gasteiger partial charge in [-0.2, -0.15) is 0 Å². The first-order valence-corrected chi connectivity index (χ1v) is 18.9. The largest absolute Gasteiger partial charge is 0.264 e. The van der Waals surface area contributed by atoms with E-state index in [-0.39, 0.29) is 0 Å². The molecule has 0 atom stereocenters. The zero-order chi connectivity index (χ0) is 36.9. The average Bonchev–Trinajstić information content (AvgIpc) is 3.54. The lowest BCUT2D eigenvalue weighted by molar-refractivity contribution is 0.769. The van der Waals surface area contributed by atoms with Crippen molar-refractivity contribution in [3.05, 3.63) is 228 Å². The smallest absolute Gasteiger partial charge is 0.0714 e. The number of benzene rings is 7. The van der Waals surface area contributed by atoms with Crippen LogP contribution in [0.25, 0.3) is 66.4 Å². The fourth-order valence-corrected chi connectivity index (χ4v) is 8.89. The molecule has 0 saturated carbocycles. The van der Waals surface area contributed by atoms with Gasteiger partial charge in [0.15, 0.2) is 0 Å². The fraction of sp³-hybridized carbons (Fsp3) is 0.0566. The normalized spacial score (nSPS) is 12.7. The van der Waals surface area contributed by atoms with E-state index in [1.807, 2.05) is 24.8 Å². The number of hydrogen-bond donors (Lipinski definition) is 0. The van der Waals surface area contributed by atoms with Crippen molar-refractivity contribution in [1.82, 2.24) is 9.97 Å². The van der Waals surface area contributed by atoms with Gasteiger partial charge in [-0.15, -0.1) is 0 Å². The zero-order valence-electron chi connectivity index (χ0n) is 30.9. The van der Waals surface area contributed by atoms with Crippen molar-refractivity contribution in [1.29, 1.82) is 0 Å². The molecule has 0 bridgehead atoms. The highest BCUT2D eigenvalue weighted by Gasteiger charge is 2.47. The van der Waals surface area contributed by atoms with E-state index in [2.05, 4.69) is 194 Å². The second kappa shape index (κ2) is 13.2. The summed E-state index contributed by atoms with van der Waals surface area (Å²) in [5, 5.41) is 2.51. The molecule has 0 fully saturated rings. The number of aromatic nitrogens is 2. The van der Waals surface area contributed by atoms with Gasteiger partial charge in [0.25, 0.3) is 0 Å². The van der Waals surface area contributed by atoms with Crippen LogP contribution in [0.15, 0.2) is 195 Å². The molecule has 2 heterocycles. The van der Waals surface area contributed by atoms with Crippen LogP contribution >= 0.6 is 0 Å². The molecule has 1 aliphatic carbocycles. The number of aryl methyl sites for hydroxylation is 2. The van der Waals surface area contributed by atoms with Crippen molar-refractivity contribution in [2.24, 2.45) is 0 Å². The summed E-state index contributed by atoms with van der Waals surface area (Å²) in [6.45, 7) is 4.18. The van der Waals surface area contributed by atoms with Gasteiger partial charge in [0, 0.05) is 35.9 Å². The molecule has 2 nitrogen and oxygen atoms in total. The fourth-order valence-electron chi connectivity index (χ4n) is 8.89. The summed E-state index contributed by atoms with van der Waals surface area (Å²) in [4.78, 5) is 8.89. The van der Waals surface area contributed by atoms with Crippen LogP contribution < -0.4 is 0 Å². The Hall–Kier alpha value is -6.90. The second-order valence-corrected chi connectivity index (χ2v) is 14.8. The van der Waals surface area contributed by atoms with Crippen LogP contribution in [0.4, 0.5) is 0 Å². The molecule has 2 aromatic heterocycles. The van der Waals surface area contributed by atoms with Crippen molar-refractivity contribution in [3.63, 3.8) is 0 Å². The predicted octanol–water partition coefficient (Wildman–Crippen LogP) is 13.3. The van der Waals surface area contributed by atoms with Crippen molar-refractivity contribution in [2.75, 3.05) is 0 Å². The number of fused-ring (bicyclic) bond motifs is 5. The SMILES string of the molecule is Cc1cncc(-c2ccc(-c3ccc4c(c3)C(c3ccccc3)(c3ccccc3)c3cc(-c5ccc(-c6cncc(C)c6)cc5)c5ccccc5c3-4)cc2)c1. The van der Waals surface area contributed by atoms with E-state index in [1.165, 1.54) is 72.0 Å². The van der Waals surface area contributed by atoms with Crippen LogP contribution in [0.5, 0.6) is 0 Å². The van der Waals surface area contributed by atoms with Gasteiger partial charge in [-0.1, -0.05) is 146 Å². The highest BCUT2D eigenvalue weighted by molar-refractivity contribution is 6.10. The van der Waals surface area contributed by atoms with E-state index in [0.29, 0.717) is 0 Å². The summed E-state index contributed by atoms with van der Waals surface area (Å²) in [5.74, 6) is 0. The summed E-state index contributed by atoms with van der Waals surface area (Å²) in [7, 11) is 0. The first kappa shape index (κ1) is 32.7. The van der Waals surface area contributed by atoms with Crippen LogP contribution in [-0.2, 0) is 5.41 Å². The Morgan fingerprint density at radius 1 is 0.345 bits per heavy atom. The highest BCUT2D eigenvalue weighted by Crippen LogP contribution is 2.59. The summed E-state index contributed by atoms with van der Waals surface area (Å²) in [5.41, 5.74) is 18.9. The first-order valence-electron chi connectivity index (χ1n) is 18.9. The maximum absolute atomic E-state index is 4.46. The minimum atomic E-state index is -0.553. The van der Waals surface area contributed by atoms with Gasteiger partial charge in [0.1, 0.15) is 0 Å².